The smallest absolute Gasteiger partial charge is 0.256 e. The fraction of sp³-hybridized carbons (Fsp3) is 0.120. The molecule has 0 radical (unpaired) electrons. The van der Waals surface area contributed by atoms with Crippen molar-refractivity contribution in [2.45, 2.75) is 13.5 Å². The first-order valence-electron chi connectivity index (χ1n) is 10.7. The van der Waals surface area contributed by atoms with Gasteiger partial charge in [-0.05, 0) is 48.4 Å². The van der Waals surface area contributed by atoms with E-state index in [0.717, 1.165) is 16.8 Å². The molecule has 0 saturated heterocycles. The van der Waals surface area contributed by atoms with Crippen LogP contribution in [0.25, 0.3) is 22.8 Å². The van der Waals surface area contributed by atoms with Crippen LogP contribution in [0.5, 0.6) is 0 Å². The van der Waals surface area contributed by atoms with Crippen LogP contribution in [-0.2, 0) is 11.3 Å². The molecule has 0 spiro atoms. The summed E-state index contributed by atoms with van der Waals surface area (Å²) in [5, 5.41) is 13.4. The first-order chi connectivity index (χ1) is 16.5. The van der Waals surface area contributed by atoms with E-state index in [4.69, 9.17) is 0 Å². The summed E-state index contributed by atoms with van der Waals surface area (Å²) in [6, 6.07) is 13.4. The van der Waals surface area contributed by atoms with Crippen molar-refractivity contribution < 1.29 is 14.0 Å². The number of aromatic amines is 1. The first-order valence-corrected chi connectivity index (χ1v) is 10.7. The van der Waals surface area contributed by atoms with Crippen molar-refractivity contribution in [1.29, 1.82) is 0 Å². The summed E-state index contributed by atoms with van der Waals surface area (Å²) in [6.45, 7) is 2.71. The Kier molecular flexibility index (Phi) is 5.51. The third-order valence-corrected chi connectivity index (χ3v) is 5.60. The quantitative estimate of drug-likeness (QED) is 0.385. The van der Waals surface area contributed by atoms with Crippen molar-refractivity contribution in [3.05, 3.63) is 89.3 Å². The van der Waals surface area contributed by atoms with E-state index >= 15 is 0 Å². The molecule has 0 saturated carbocycles. The Morgan fingerprint density at radius 3 is 2.79 bits per heavy atom. The molecule has 9 heteroatoms. The fourth-order valence-electron chi connectivity index (χ4n) is 4.04. The van der Waals surface area contributed by atoms with Gasteiger partial charge in [-0.15, -0.1) is 5.10 Å². The van der Waals surface area contributed by atoms with E-state index in [1.165, 1.54) is 12.1 Å². The molecule has 3 N–H and O–H groups in total. The molecular weight excluding hydrogens is 435 g/mol. The highest BCUT2D eigenvalue weighted by Crippen LogP contribution is 2.40. The molecule has 170 valence electrons. The standard InChI is InChI=1S/C25H21FN6O2/c1-15-13-19(24(33)27-9-11-32-12-10-28-31-32)22(29-15)14-20-23-18(16-5-7-17(26)8-6-16)3-2-4-21(23)30-25(20)34/h2-8,10,12-14,29H,9,11H2,1H3,(H,27,33)(H,30,34)/b20-14-. The van der Waals surface area contributed by atoms with E-state index in [9.17, 15) is 14.0 Å². The van der Waals surface area contributed by atoms with Crippen molar-refractivity contribution in [2.75, 3.05) is 11.9 Å². The number of nitrogens with zero attached hydrogens (tertiary/aromatic N) is 3. The van der Waals surface area contributed by atoms with Crippen LogP contribution in [0.4, 0.5) is 10.1 Å². The Morgan fingerprint density at radius 1 is 1.21 bits per heavy atom. The average molecular weight is 456 g/mol. The minimum absolute atomic E-state index is 0.262. The van der Waals surface area contributed by atoms with Crippen molar-refractivity contribution in [2.24, 2.45) is 0 Å². The molecule has 2 amide bonds. The topological polar surface area (TPSA) is 105 Å². The normalized spacial score (nSPS) is 13.7. The van der Waals surface area contributed by atoms with Gasteiger partial charge in [0.1, 0.15) is 5.82 Å². The average Bonchev–Trinajstić information content (AvgIpc) is 3.54. The number of H-pyrrole nitrogens is 1. The van der Waals surface area contributed by atoms with Crippen LogP contribution >= 0.6 is 0 Å². The van der Waals surface area contributed by atoms with Gasteiger partial charge < -0.3 is 15.6 Å². The number of fused-ring (bicyclic) bond motifs is 1. The number of aryl methyl sites for hydroxylation is 1. The van der Waals surface area contributed by atoms with Crippen LogP contribution < -0.4 is 10.6 Å². The maximum atomic E-state index is 13.5. The lowest BCUT2D eigenvalue weighted by Gasteiger charge is -2.09. The molecular formula is C25H21FN6O2. The Morgan fingerprint density at radius 2 is 2.03 bits per heavy atom. The summed E-state index contributed by atoms with van der Waals surface area (Å²) >= 11 is 0. The third kappa shape index (κ3) is 4.11. The Hall–Kier alpha value is -4.53. The molecule has 0 atom stereocenters. The van der Waals surface area contributed by atoms with Gasteiger partial charge in [-0.3, -0.25) is 14.3 Å². The molecule has 2 aromatic heterocycles. The molecule has 0 bridgehead atoms. The third-order valence-electron chi connectivity index (χ3n) is 5.60. The number of halogens is 1. The lowest BCUT2D eigenvalue weighted by Crippen LogP contribution is -2.27. The zero-order chi connectivity index (χ0) is 23.7. The summed E-state index contributed by atoms with van der Waals surface area (Å²) in [6.07, 6.45) is 4.98. The number of rotatable bonds is 6. The second kappa shape index (κ2) is 8.78. The highest BCUT2D eigenvalue weighted by atomic mass is 19.1. The molecule has 4 aromatic rings. The Bertz CT molecular complexity index is 1400. The second-order valence-corrected chi connectivity index (χ2v) is 7.95. The highest BCUT2D eigenvalue weighted by Gasteiger charge is 2.28. The predicted octanol–water partition coefficient (Wildman–Crippen LogP) is 3.64. The van der Waals surface area contributed by atoms with Crippen LogP contribution in [0, 0.1) is 12.7 Å². The minimum Gasteiger partial charge on any atom is -0.358 e. The largest absolute Gasteiger partial charge is 0.358 e. The number of hydrogen-bond acceptors (Lipinski definition) is 4. The summed E-state index contributed by atoms with van der Waals surface area (Å²) in [5.41, 5.74) is 5.14. The van der Waals surface area contributed by atoms with E-state index < -0.39 is 0 Å². The van der Waals surface area contributed by atoms with Gasteiger partial charge in [0.25, 0.3) is 11.8 Å². The zero-order valence-electron chi connectivity index (χ0n) is 18.3. The molecule has 0 fully saturated rings. The molecule has 3 heterocycles. The highest BCUT2D eigenvalue weighted by molar-refractivity contribution is 6.36. The van der Waals surface area contributed by atoms with E-state index in [2.05, 4.69) is 25.9 Å². The SMILES string of the molecule is Cc1cc(C(=O)NCCn2ccnn2)c(/C=C2\C(=O)Nc3cccc(-c4ccc(F)cc4)c32)[nH]1. The maximum Gasteiger partial charge on any atom is 0.256 e. The van der Waals surface area contributed by atoms with Crippen molar-refractivity contribution in [3.8, 4) is 11.1 Å². The Labute approximate surface area is 194 Å². The maximum absolute atomic E-state index is 13.5. The molecule has 5 rings (SSSR count). The molecule has 1 aliphatic rings. The number of aromatic nitrogens is 4. The molecule has 8 nitrogen and oxygen atoms in total. The molecule has 1 aliphatic heterocycles. The predicted molar refractivity (Wildman–Crippen MR) is 126 cm³/mol. The number of amides is 2. The second-order valence-electron chi connectivity index (χ2n) is 7.95. The van der Waals surface area contributed by atoms with E-state index in [1.807, 2.05) is 25.1 Å². The van der Waals surface area contributed by atoms with Crippen LogP contribution in [0.15, 0.2) is 60.9 Å². The summed E-state index contributed by atoms with van der Waals surface area (Å²) in [5.74, 6) is -0.862. The summed E-state index contributed by atoms with van der Waals surface area (Å²) in [4.78, 5) is 29.0. The van der Waals surface area contributed by atoms with Gasteiger partial charge in [0, 0.05) is 29.7 Å². The van der Waals surface area contributed by atoms with E-state index in [1.54, 1.807) is 41.4 Å². The van der Waals surface area contributed by atoms with Gasteiger partial charge in [0.2, 0.25) is 0 Å². The molecule has 0 unspecified atom stereocenters. The number of hydrogen-bond donors (Lipinski definition) is 3. The number of carbonyl (C=O) groups excluding carboxylic acids is 2. The van der Waals surface area contributed by atoms with Crippen LogP contribution in [0.3, 0.4) is 0 Å². The minimum atomic E-state index is -0.331. The van der Waals surface area contributed by atoms with Crippen molar-refractivity contribution >= 4 is 29.2 Å². The number of nitrogens with one attached hydrogen (secondary N) is 3. The van der Waals surface area contributed by atoms with Gasteiger partial charge in [0.15, 0.2) is 0 Å². The van der Waals surface area contributed by atoms with Gasteiger partial charge in [0.05, 0.1) is 29.6 Å². The molecule has 0 aliphatic carbocycles. The monoisotopic (exact) mass is 456 g/mol. The van der Waals surface area contributed by atoms with E-state index in [0.29, 0.717) is 41.2 Å². The summed E-state index contributed by atoms with van der Waals surface area (Å²) < 4.78 is 15.1. The van der Waals surface area contributed by atoms with Gasteiger partial charge in [-0.25, -0.2) is 4.39 Å². The summed E-state index contributed by atoms with van der Waals surface area (Å²) in [7, 11) is 0. The van der Waals surface area contributed by atoms with Crippen LogP contribution in [0.1, 0.15) is 27.3 Å². The first kappa shape index (κ1) is 21.3. The lowest BCUT2D eigenvalue weighted by atomic mass is 9.94. The molecule has 2 aromatic carbocycles. The molecule has 34 heavy (non-hydrogen) atoms. The number of carbonyl (C=O) groups is 2. The van der Waals surface area contributed by atoms with Crippen LogP contribution in [0.2, 0.25) is 0 Å². The number of anilines is 1. The van der Waals surface area contributed by atoms with Gasteiger partial charge >= 0.3 is 0 Å². The Balaban J connectivity index is 1.48. The lowest BCUT2D eigenvalue weighted by molar-refractivity contribution is -0.110. The number of benzene rings is 2. The fourth-order valence-corrected chi connectivity index (χ4v) is 4.04. The van der Waals surface area contributed by atoms with Gasteiger partial charge in [-0.2, -0.15) is 0 Å². The van der Waals surface area contributed by atoms with Crippen LogP contribution in [-0.4, -0.2) is 38.3 Å². The zero-order valence-corrected chi connectivity index (χ0v) is 18.3. The van der Waals surface area contributed by atoms with Gasteiger partial charge in [-0.1, -0.05) is 29.5 Å². The van der Waals surface area contributed by atoms with E-state index in [-0.39, 0.29) is 17.6 Å². The van der Waals surface area contributed by atoms with Crippen molar-refractivity contribution in [1.82, 2.24) is 25.3 Å². The van der Waals surface area contributed by atoms with Crippen molar-refractivity contribution in [3.63, 3.8) is 0 Å².